The fraction of sp³-hybridized carbons (Fsp3) is 0.286. The third-order valence-corrected chi connectivity index (χ3v) is 4.22. The van der Waals surface area contributed by atoms with Crippen LogP contribution >= 0.6 is 27.5 Å². The summed E-state index contributed by atoms with van der Waals surface area (Å²) in [6, 6.07) is 1.95. The molecular formula is C14H11BrClF4N3O. The molecule has 0 atom stereocenters. The maximum atomic E-state index is 14.2. The van der Waals surface area contributed by atoms with Crippen molar-refractivity contribution >= 4 is 33.4 Å². The Morgan fingerprint density at radius 1 is 1.42 bits per heavy atom. The molecule has 0 aliphatic heterocycles. The van der Waals surface area contributed by atoms with Crippen molar-refractivity contribution in [2.45, 2.75) is 13.1 Å². The van der Waals surface area contributed by atoms with Crippen molar-refractivity contribution in [3.05, 3.63) is 38.7 Å². The van der Waals surface area contributed by atoms with Crippen LogP contribution < -0.4 is 5.32 Å². The summed E-state index contributed by atoms with van der Waals surface area (Å²) >= 11 is 8.67. The van der Waals surface area contributed by atoms with E-state index < -0.39 is 28.1 Å². The Morgan fingerprint density at radius 2 is 2.04 bits per heavy atom. The maximum Gasteiger partial charge on any atom is 0.434 e. The number of aryl methyl sites for hydroxylation is 1. The van der Waals surface area contributed by atoms with Gasteiger partial charge in [0.25, 0.3) is 5.91 Å². The zero-order valence-electron chi connectivity index (χ0n) is 12.4. The number of nitrogens with zero attached hydrogens (tertiary/aromatic N) is 2. The number of nitrogens with one attached hydrogen (secondary N) is 1. The summed E-state index contributed by atoms with van der Waals surface area (Å²) in [5.74, 6) is -1.45. The van der Waals surface area contributed by atoms with E-state index in [0.29, 0.717) is 11.2 Å². The highest BCUT2D eigenvalue weighted by Crippen LogP contribution is 2.41. The van der Waals surface area contributed by atoms with E-state index >= 15 is 0 Å². The molecule has 1 heterocycles. The van der Waals surface area contributed by atoms with E-state index in [9.17, 15) is 22.4 Å². The summed E-state index contributed by atoms with van der Waals surface area (Å²) in [6.07, 6.45) is -4.68. The van der Waals surface area contributed by atoms with Crippen molar-refractivity contribution in [2.75, 3.05) is 6.54 Å². The highest BCUT2D eigenvalue weighted by Gasteiger charge is 2.39. The van der Waals surface area contributed by atoms with Crippen LogP contribution in [0.25, 0.3) is 11.3 Å². The van der Waals surface area contributed by atoms with Crippen LogP contribution in [0.3, 0.4) is 0 Å². The van der Waals surface area contributed by atoms with Gasteiger partial charge in [0.1, 0.15) is 11.5 Å². The van der Waals surface area contributed by atoms with Crippen molar-refractivity contribution in [2.24, 2.45) is 7.05 Å². The largest absolute Gasteiger partial charge is 0.434 e. The van der Waals surface area contributed by atoms with Gasteiger partial charge in [-0.05, 0) is 35.0 Å². The topological polar surface area (TPSA) is 46.9 Å². The molecule has 1 aromatic carbocycles. The second-order valence-electron chi connectivity index (χ2n) is 4.80. The van der Waals surface area contributed by atoms with Gasteiger partial charge in [0.2, 0.25) is 0 Å². The molecule has 1 N–H and O–H groups in total. The smallest absolute Gasteiger partial charge is 0.352 e. The Hall–Kier alpha value is -1.61. The number of rotatable bonds is 3. The lowest BCUT2D eigenvalue weighted by Crippen LogP contribution is -2.23. The van der Waals surface area contributed by atoms with Gasteiger partial charge in [-0.3, -0.25) is 9.48 Å². The predicted molar refractivity (Wildman–Crippen MR) is 84.3 cm³/mol. The van der Waals surface area contributed by atoms with Gasteiger partial charge in [0, 0.05) is 19.2 Å². The van der Waals surface area contributed by atoms with E-state index in [0.717, 1.165) is 19.2 Å². The number of hydrogen-bond acceptors (Lipinski definition) is 2. The molecule has 0 bridgehead atoms. The van der Waals surface area contributed by atoms with Crippen molar-refractivity contribution in [3.63, 3.8) is 0 Å². The molecule has 0 saturated heterocycles. The zero-order chi connectivity index (χ0) is 18.2. The van der Waals surface area contributed by atoms with Gasteiger partial charge in [-0.1, -0.05) is 11.6 Å². The molecule has 0 aliphatic carbocycles. The molecule has 0 saturated carbocycles. The van der Waals surface area contributed by atoms with Crippen LogP contribution in [0.2, 0.25) is 5.02 Å². The number of benzene rings is 1. The number of hydrogen-bond donors (Lipinski definition) is 1. The molecule has 1 aromatic heterocycles. The standard InChI is InChI=1S/C14H11BrClF4N3O/c1-3-21-13(24)6-4-7(9(17)5-8(6)16)11-10(15)12(14(18,19)20)23(2)22-11/h4-5H,3H2,1-2H3,(H,21,24). The average molecular weight is 429 g/mol. The van der Waals surface area contributed by atoms with Crippen LogP contribution in [0.5, 0.6) is 0 Å². The van der Waals surface area contributed by atoms with Crippen LogP contribution in [-0.4, -0.2) is 22.2 Å². The first-order valence-electron chi connectivity index (χ1n) is 6.65. The third-order valence-electron chi connectivity index (χ3n) is 3.15. The molecule has 2 aromatic rings. The minimum atomic E-state index is -4.68. The highest BCUT2D eigenvalue weighted by atomic mass is 79.9. The molecule has 1 amide bonds. The monoisotopic (exact) mass is 427 g/mol. The minimum absolute atomic E-state index is 0.0546. The first kappa shape index (κ1) is 18.7. The summed E-state index contributed by atoms with van der Waals surface area (Å²) in [4.78, 5) is 11.9. The summed E-state index contributed by atoms with van der Waals surface area (Å²) in [7, 11) is 1.09. The predicted octanol–water partition coefficient (Wildman–Crippen LogP) is 4.41. The van der Waals surface area contributed by atoms with Crippen molar-refractivity contribution in [1.82, 2.24) is 15.1 Å². The van der Waals surface area contributed by atoms with Crippen LogP contribution in [0.1, 0.15) is 23.0 Å². The van der Waals surface area contributed by atoms with Crippen molar-refractivity contribution in [3.8, 4) is 11.3 Å². The molecular weight excluding hydrogens is 418 g/mol. The normalized spacial score (nSPS) is 11.7. The van der Waals surface area contributed by atoms with Gasteiger partial charge >= 0.3 is 6.18 Å². The van der Waals surface area contributed by atoms with E-state index in [2.05, 4.69) is 26.3 Å². The number of carbonyl (C=O) groups is 1. The van der Waals surface area contributed by atoms with Crippen LogP contribution in [-0.2, 0) is 13.2 Å². The van der Waals surface area contributed by atoms with Crippen LogP contribution in [0.15, 0.2) is 16.6 Å². The van der Waals surface area contributed by atoms with Gasteiger partial charge in [-0.15, -0.1) is 0 Å². The lowest BCUT2D eigenvalue weighted by Gasteiger charge is -2.09. The Balaban J connectivity index is 2.66. The van der Waals surface area contributed by atoms with E-state index in [1.165, 1.54) is 0 Å². The third kappa shape index (κ3) is 3.41. The first-order chi connectivity index (χ1) is 11.1. The molecule has 2 rings (SSSR count). The molecule has 130 valence electrons. The zero-order valence-corrected chi connectivity index (χ0v) is 14.8. The number of amides is 1. The lowest BCUT2D eigenvalue weighted by atomic mass is 10.1. The summed E-state index contributed by atoms with van der Waals surface area (Å²) < 4.78 is 53.5. The Kier molecular flexibility index (Phi) is 5.24. The molecule has 0 aliphatic rings. The first-order valence-corrected chi connectivity index (χ1v) is 7.82. The van der Waals surface area contributed by atoms with Crippen LogP contribution in [0, 0.1) is 5.82 Å². The van der Waals surface area contributed by atoms with Crippen LogP contribution in [0.4, 0.5) is 17.6 Å². The van der Waals surface area contributed by atoms with Gasteiger partial charge in [-0.25, -0.2) is 4.39 Å². The lowest BCUT2D eigenvalue weighted by molar-refractivity contribution is -0.144. The second kappa shape index (κ2) is 6.72. The maximum absolute atomic E-state index is 14.2. The number of carbonyl (C=O) groups excluding carboxylic acids is 1. The van der Waals surface area contributed by atoms with Crippen molar-refractivity contribution < 1.29 is 22.4 Å². The van der Waals surface area contributed by atoms with E-state index in [1.54, 1.807) is 6.92 Å². The highest BCUT2D eigenvalue weighted by molar-refractivity contribution is 9.10. The molecule has 10 heteroatoms. The average Bonchev–Trinajstić information content (AvgIpc) is 2.73. The van der Waals surface area contributed by atoms with Gasteiger partial charge < -0.3 is 5.32 Å². The van der Waals surface area contributed by atoms with E-state index in [4.69, 9.17) is 11.6 Å². The second-order valence-corrected chi connectivity index (χ2v) is 6.00. The Bertz CT molecular complexity index is 804. The molecule has 0 spiro atoms. The molecule has 0 unspecified atom stereocenters. The molecule has 0 radical (unpaired) electrons. The molecule has 4 nitrogen and oxygen atoms in total. The SMILES string of the molecule is CCNC(=O)c1cc(-c2nn(C)c(C(F)(F)F)c2Br)c(F)cc1Cl. The number of halogens is 6. The summed E-state index contributed by atoms with van der Waals surface area (Å²) in [5.41, 5.74) is -1.66. The van der Waals surface area contributed by atoms with Gasteiger partial charge in [0.15, 0.2) is 5.69 Å². The van der Waals surface area contributed by atoms with E-state index in [1.807, 2.05) is 0 Å². The molecule has 24 heavy (non-hydrogen) atoms. The fourth-order valence-electron chi connectivity index (χ4n) is 2.14. The number of alkyl halides is 3. The van der Waals surface area contributed by atoms with Gasteiger partial charge in [-0.2, -0.15) is 18.3 Å². The minimum Gasteiger partial charge on any atom is -0.352 e. The Morgan fingerprint density at radius 3 is 2.54 bits per heavy atom. The fourth-order valence-corrected chi connectivity index (χ4v) is 3.15. The Labute approximate surface area is 147 Å². The quantitative estimate of drug-likeness (QED) is 0.736. The summed E-state index contributed by atoms with van der Waals surface area (Å²) in [6.45, 7) is 1.99. The molecule has 0 fully saturated rings. The van der Waals surface area contributed by atoms with Gasteiger partial charge in [0.05, 0.1) is 15.1 Å². The number of aromatic nitrogens is 2. The van der Waals surface area contributed by atoms with E-state index in [-0.39, 0.29) is 21.8 Å². The van der Waals surface area contributed by atoms with Crippen molar-refractivity contribution in [1.29, 1.82) is 0 Å². The summed E-state index contributed by atoms with van der Waals surface area (Å²) in [5, 5.41) is 6.06.